The third kappa shape index (κ3) is 5.93. The van der Waals surface area contributed by atoms with Crippen LogP contribution in [0.3, 0.4) is 0 Å². The second-order valence-electron chi connectivity index (χ2n) is 8.04. The van der Waals surface area contributed by atoms with Crippen molar-refractivity contribution in [3.05, 3.63) is 103 Å². The number of nitrogens with zero attached hydrogens (tertiary/aromatic N) is 3. The first-order chi connectivity index (χ1) is 18.4. The standard InChI is InChI=1S/C29H25ClN4O4/c1-4-29(36)32-20-7-5-8-22(15-20)34(19-35)26-13-14-31-18-27(26)33(2)21-11-12-28(25(30)16-21)38-24-10-6-9-23(17-24)37-3/h4-19H,1H2,2-3H3,(H,32,36). The highest BCUT2D eigenvalue weighted by Gasteiger charge is 2.18. The van der Waals surface area contributed by atoms with Crippen molar-refractivity contribution in [1.29, 1.82) is 0 Å². The van der Waals surface area contributed by atoms with Crippen molar-refractivity contribution >= 4 is 52.4 Å². The van der Waals surface area contributed by atoms with E-state index in [0.717, 1.165) is 5.69 Å². The monoisotopic (exact) mass is 528 g/mol. The number of carbonyl (C=O) groups is 2. The van der Waals surface area contributed by atoms with Gasteiger partial charge in [0.15, 0.2) is 0 Å². The molecule has 3 aromatic carbocycles. The molecule has 9 heteroatoms. The van der Waals surface area contributed by atoms with Crippen LogP contribution >= 0.6 is 11.6 Å². The molecule has 0 saturated carbocycles. The summed E-state index contributed by atoms with van der Waals surface area (Å²) in [6.45, 7) is 3.46. The Kier molecular flexibility index (Phi) is 8.25. The van der Waals surface area contributed by atoms with Crippen molar-refractivity contribution in [3.63, 3.8) is 0 Å². The van der Waals surface area contributed by atoms with Crippen LogP contribution < -0.4 is 24.6 Å². The lowest BCUT2D eigenvalue weighted by Gasteiger charge is -2.27. The molecule has 0 unspecified atom stereocenters. The van der Waals surface area contributed by atoms with Crippen LogP contribution in [0.1, 0.15) is 0 Å². The molecule has 0 fully saturated rings. The first-order valence-electron chi connectivity index (χ1n) is 11.5. The summed E-state index contributed by atoms with van der Waals surface area (Å²) in [5.74, 6) is 1.40. The predicted octanol–water partition coefficient (Wildman–Crippen LogP) is 6.72. The van der Waals surface area contributed by atoms with Gasteiger partial charge in [-0.2, -0.15) is 0 Å². The average Bonchev–Trinajstić information content (AvgIpc) is 2.94. The van der Waals surface area contributed by atoms with Crippen LogP contribution in [0.5, 0.6) is 17.2 Å². The van der Waals surface area contributed by atoms with E-state index in [1.807, 2.05) is 36.2 Å². The van der Waals surface area contributed by atoms with Gasteiger partial charge in [-0.15, -0.1) is 0 Å². The van der Waals surface area contributed by atoms with Crippen molar-refractivity contribution in [2.45, 2.75) is 0 Å². The SMILES string of the molecule is C=CC(=O)Nc1cccc(N(C=O)c2ccncc2N(C)c2ccc(Oc3cccc(OC)c3)c(Cl)c2)c1. The van der Waals surface area contributed by atoms with Gasteiger partial charge < -0.3 is 19.7 Å². The van der Waals surface area contributed by atoms with Crippen LogP contribution in [0.25, 0.3) is 0 Å². The maximum Gasteiger partial charge on any atom is 0.247 e. The van der Waals surface area contributed by atoms with E-state index in [1.165, 1.54) is 11.0 Å². The lowest BCUT2D eigenvalue weighted by atomic mass is 10.2. The van der Waals surface area contributed by atoms with Crippen LogP contribution in [0.4, 0.5) is 28.4 Å². The fourth-order valence-electron chi connectivity index (χ4n) is 3.74. The molecule has 2 amide bonds. The molecule has 0 radical (unpaired) electrons. The minimum absolute atomic E-state index is 0.347. The number of hydrogen-bond acceptors (Lipinski definition) is 6. The number of methoxy groups -OCH3 is 1. The van der Waals surface area contributed by atoms with Crippen LogP contribution in [-0.4, -0.2) is 31.5 Å². The Labute approximate surface area is 225 Å². The van der Waals surface area contributed by atoms with E-state index in [-0.39, 0.29) is 5.91 Å². The molecular formula is C29H25ClN4O4. The fraction of sp³-hybridized carbons (Fsp3) is 0.0690. The minimum atomic E-state index is -0.347. The summed E-state index contributed by atoms with van der Waals surface area (Å²) < 4.78 is 11.2. The molecule has 1 heterocycles. The Balaban J connectivity index is 1.63. The highest BCUT2D eigenvalue weighted by molar-refractivity contribution is 6.32. The van der Waals surface area contributed by atoms with Gasteiger partial charge in [-0.1, -0.05) is 30.3 Å². The number of pyridine rings is 1. The van der Waals surface area contributed by atoms with Crippen LogP contribution in [0, 0.1) is 0 Å². The molecule has 4 rings (SSSR count). The summed E-state index contributed by atoms with van der Waals surface area (Å²) in [4.78, 5) is 31.6. The Bertz CT molecular complexity index is 1480. The van der Waals surface area contributed by atoms with Gasteiger partial charge in [0.1, 0.15) is 17.2 Å². The summed E-state index contributed by atoms with van der Waals surface area (Å²) >= 11 is 6.57. The first kappa shape index (κ1) is 26.2. The molecule has 0 aliphatic heterocycles. The average molecular weight is 529 g/mol. The summed E-state index contributed by atoms with van der Waals surface area (Å²) in [7, 11) is 3.44. The minimum Gasteiger partial charge on any atom is -0.497 e. The van der Waals surface area contributed by atoms with E-state index < -0.39 is 0 Å². The van der Waals surface area contributed by atoms with Gasteiger partial charge >= 0.3 is 0 Å². The molecule has 0 bridgehead atoms. The topological polar surface area (TPSA) is 84.0 Å². The number of carbonyl (C=O) groups excluding carboxylic acids is 2. The number of ether oxygens (including phenoxy) is 2. The number of benzene rings is 3. The van der Waals surface area contributed by atoms with Gasteiger partial charge in [0.2, 0.25) is 12.3 Å². The highest BCUT2D eigenvalue weighted by Crippen LogP contribution is 2.39. The molecule has 192 valence electrons. The molecule has 38 heavy (non-hydrogen) atoms. The normalized spacial score (nSPS) is 10.3. The number of anilines is 5. The number of nitrogens with one attached hydrogen (secondary N) is 1. The lowest BCUT2D eigenvalue weighted by Crippen LogP contribution is -2.19. The molecule has 4 aromatic rings. The third-order valence-corrected chi connectivity index (χ3v) is 5.95. The van der Waals surface area contributed by atoms with Gasteiger partial charge in [-0.3, -0.25) is 19.5 Å². The quantitative estimate of drug-likeness (QED) is 0.182. The molecule has 0 spiro atoms. The summed E-state index contributed by atoms with van der Waals surface area (Å²) in [5.41, 5.74) is 3.07. The Morgan fingerprint density at radius 2 is 1.79 bits per heavy atom. The maximum absolute atomic E-state index is 12.3. The number of hydrogen-bond donors (Lipinski definition) is 1. The maximum atomic E-state index is 12.3. The largest absolute Gasteiger partial charge is 0.497 e. The van der Waals surface area contributed by atoms with E-state index in [9.17, 15) is 9.59 Å². The zero-order valence-electron chi connectivity index (χ0n) is 20.8. The molecule has 0 atom stereocenters. The highest BCUT2D eigenvalue weighted by atomic mass is 35.5. The molecule has 0 aliphatic carbocycles. The number of amides is 2. The molecule has 1 N–H and O–H groups in total. The molecular weight excluding hydrogens is 504 g/mol. The summed E-state index contributed by atoms with van der Waals surface area (Å²) in [5, 5.41) is 3.11. The van der Waals surface area contributed by atoms with Crippen LogP contribution in [0.2, 0.25) is 5.02 Å². The molecule has 1 aromatic heterocycles. The van der Waals surface area contributed by atoms with Crippen LogP contribution in [0.15, 0.2) is 97.8 Å². The zero-order chi connectivity index (χ0) is 27.1. The van der Waals surface area contributed by atoms with Crippen molar-refractivity contribution in [2.24, 2.45) is 0 Å². The summed E-state index contributed by atoms with van der Waals surface area (Å²) in [6, 6.07) is 21.3. The molecule has 0 aliphatic rings. The number of aromatic nitrogens is 1. The van der Waals surface area contributed by atoms with E-state index >= 15 is 0 Å². The fourth-order valence-corrected chi connectivity index (χ4v) is 3.95. The van der Waals surface area contributed by atoms with E-state index in [1.54, 1.807) is 68.0 Å². The lowest BCUT2D eigenvalue weighted by molar-refractivity contribution is -0.112. The Morgan fingerprint density at radius 1 is 1.00 bits per heavy atom. The second-order valence-corrected chi connectivity index (χ2v) is 8.45. The van der Waals surface area contributed by atoms with Crippen molar-refractivity contribution in [1.82, 2.24) is 4.98 Å². The zero-order valence-corrected chi connectivity index (χ0v) is 21.6. The van der Waals surface area contributed by atoms with Crippen molar-refractivity contribution < 1.29 is 19.1 Å². The van der Waals surface area contributed by atoms with Crippen LogP contribution in [-0.2, 0) is 9.59 Å². The second kappa shape index (κ2) is 11.9. The Morgan fingerprint density at radius 3 is 2.53 bits per heavy atom. The summed E-state index contributed by atoms with van der Waals surface area (Å²) in [6.07, 6.45) is 5.14. The van der Waals surface area contributed by atoms with Crippen molar-refractivity contribution in [2.75, 3.05) is 29.3 Å². The van der Waals surface area contributed by atoms with E-state index in [2.05, 4.69) is 16.9 Å². The van der Waals surface area contributed by atoms with Gasteiger partial charge in [-0.25, -0.2) is 0 Å². The molecule has 8 nitrogen and oxygen atoms in total. The van der Waals surface area contributed by atoms with Gasteiger partial charge in [0, 0.05) is 30.7 Å². The van der Waals surface area contributed by atoms with Gasteiger partial charge in [0.25, 0.3) is 0 Å². The molecule has 0 saturated heterocycles. The van der Waals surface area contributed by atoms with E-state index in [4.69, 9.17) is 21.1 Å². The van der Waals surface area contributed by atoms with Gasteiger partial charge in [-0.05, 0) is 60.7 Å². The number of halogens is 1. The smallest absolute Gasteiger partial charge is 0.247 e. The number of rotatable bonds is 10. The Hall–Kier alpha value is -4.82. The first-order valence-corrected chi connectivity index (χ1v) is 11.9. The van der Waals surface area contributed by atoms with E-state index in [0.29, 0.717) is 51.4 Å². The van der Waals surface area contributed by atoms with Gasteiger partial charge in [0.05, 0.1) is 35.4 Å². The third-order valence-electron chi connectivity index (χ3n) is 5.65. The van der Waals surface area contributed by atoms with Crippen molar-refractivity contribution in [3.8, 4) is 17.2 Å². The predicted molar refractivity (Wildman–Crippen MR) is 150 cm³/mol.